The van der Waals surface area contributed by atoms with E-state index in [1.807, 2.05) is 0 Å². The fraction of sp³-hybridized carbons (Fsp3) is 0.600. The van der Waals surface area contributed by atoms with Gasteiger partial charge in [0.25, 0.3) is 0 Å². The molecule has 3 rings (SSSR count). The van der Waals surface area contributed by atoms with Gasteiger partial charge in [0, 0.05) is 6.54 Å². The molecular weight excluding hydrogens is 194 g/mol. The molecule has 1 aromatic rings. The minimum Gasteiger partial charge on any atom is -0.316 e. The van der Waals surface area contributed by atoms with Crippen molar-refractivity contribution in [3.05, 3.63) is 35.4 Å². The highest BCUT2D eigenvalue weighted by Gasteiger charge is 2.20. The van der Waals surface area contributed by atoms with Crippen LogP contribution in [0.2, 0.25) is 0 Å². The van der Waals surface area contributed by atoms with Crippen molar-refractivity contribution in [1.82, 2.24) is 5.32 Å². The van der Waals surface area contributed by atoms with E-state index < -0.39 is 0 Å². The van der Waals surface area contributed by atoms with Crippen molar-refractivity contribution in [3.8, 4) is 0 Å². The van der Waals surface area contributed by atoms with Crippen LogP contribution in [0, 0.1) is 0 Å². The van der Waals surface area contributed by atoms with Gasteiger partial charge in [0.2, 0.25) is 0 Å². The van der Waals surface area contributed by atoms with E-state index in [0.717, 1.165) is 11.8 Å². The number of nitrogens with one attached hydrogen (secondary N) is 1. The quantitative estimate of drug-likeness (QED) is 0.797. The molecular formula is C15H21N. The van der Waals surface area contributed by atoms with Crippen molar-refractivity contribution in [1.29, 1.82) is 0 Å². The highest BCUT2D eigenvalue weighted by atomic mass is 14.9. The second kappa shape index (κ2) is 4.58. The maximum atomic E-state index is 3.46. The summed E-state index contributed by atoms with van der Waals surface area (Å²) in [5.41, 5.74) is 3.16. The second-order valence-corrected chi connectivity index (χ2v) is 5.34. The molecule has 1 saturated carbocycles. The number of rotatable bonds is 2. The lowest BCUT2D eigenvalue weighted by Gasteiger charge is -2.14. The van der Waals surface area contributed by atoms with Gasteiger partial charge in [0.1, 0.15) is 0 Å². The van der Waals surface area contributed by atoms with E-state index in [-0.39, 0.29) is 0 Å². The predicted octanol–water partition coefficient (Wildman–Crippen LogP) is 3.42. The third-order valence-electron chi connectivity index (χ3n) is 4.27. The van der Waals surface area contributed by atoms with E-state index in [4.69, 9.17) is 0 Å². The summed E-state index contributed by atoms with van der Waals surface area (Å²) in [6.45, 7) is 2.37. The Morgan fingerprint density at radius 2 is 1.69 bits per heavy atom. The summed E-state index contributed by atoms with van der Waals surface area (Å²) in [6.07, 6.45) is 6.99. The molecule has 1 aromatic carbocycles. The van der Waals surface area contributed by atoms with Gasteiger partial charge in [-0.3, -0.25) is 0 Å². The molecule has 0 radical (unpaired) electrons. The largest absolute Gasteiger partial charge is 0.316 e. The standard InChI is InChI=1S/C15H21N/c1-2-5-12(4-1)13-6-3-7-14(10-13)15-8-9-16-11-15/h3,6-7,10,12,15-16H,1-2,4-5,8-9,11H2. The SMILES string of the molecule is c1cc(C2CCCC2)cc(C2CCNC2)c1. The summed E-state index contributed by atoms with van der Waals surface area (Å²) >= 11 is 0. The Hall–Kier alpha value is -0.820. The van der Waals surface area contributed by atoms with Crippen molar-refractivity contribution in [2.24, 2.45) is 0 Å². The molecule has 1 aliphatic carbocycles. The van der Waals surface area contributed by atoms with Gasteiger partial charge in [-0.1, -0.05) is 37.1 Å². The second-order valence-electron chi connectivity index (χ2n) is 5.34. The van der Waals surface area contributed by atoms with Crippen LogP contribution in [0.3, 0.4) is 0 Å². The zero-order valence-electron chi connectivity index (χ0n) is 9.91. The summed E-state index contributed by atoms with van der Waals surface area (Å²) in [6, 6.07) is 9.40. The van der Waals surface area contributed by atoms with Crippen LogP contribution in [0.15, 0.2) is 24.3 Å². The highest BCUT2D eigenvalue weighted by Crippen LogP contribution is 2.35. The van der Waals surface area contributed by atoms with Gasteiger partial charge in [0.05, 0.1) is 0 Å². The van der Waals surface area contributed by atoms with Crippen LogP contribution < -0.4 is 5.32 Å². The van der Waals surface area contributed by atoms with E-state index in [2.05, 4.69) is 29.6 Å². The summed E-state index contributed by atoms with van der Waals surface area (Å²) < 4.78 is 0. The molecule has 2 aliphatic rings. The van der Waals surface area contributed by atoms with Crippen LogP contribution >= 0.6 is 0 Å². The molecule has 1 heterocycles. The topological polar surface area (TPSA) is 12.0 Å². The van der Waals surface area contributed by atoms with E-state index in [1.54, 1.807) is 11.1 Å². The van der Waals surface area contributed by atoms with Crippen molar-refractivity contribution < 1.29 is 0 Å². The summed E-state index contributed by atoms with van der Waals surface area (Å²) in [4.78, 5) is 0. The first-order valence-corrected chi connectivity index (χ1v) is 6.74. The minimum atomic E-state index is 0.765. The van der Waals surface area contributed by atoms with Crippen LogP contribution in [0.25, 0.3) is 0 Å². The monoisotopic (exact) mass is 215 g/mol. The molecule has 1 heteroatoms. The Bertz CT molecular complexity index is 315. The first kappa shape index (κ1) is 10.3. The van der Waals surface area contributed by atoms with E-state index in [9.17, 15) is 0 Å². The molecule has 2 fully saturated rings. The van der Waals surface area contributed by atoms with Crippen LogP contribution in [0.1, 0.15) is 55.1 Å². The van der Waals surface area contributed by atoms with Gasteiger partial charge < -0.3 is 5.32 Å². The highest BCUT2D eigenvalue weighted by molar-refractivity contribution is 5.30. The number of hydrogen-bond acceptors (Lipinski definition) is 1. The molecule has 1 saturated heterocycles. The van der Waals surface area contributed by atoms with E-state index >= 15 is 0 Å². The predicted molar refractivity (Wildman–Crippen MR) is 67.9 cm³/mol. The van der Waals surface area contributed by atoms with Gasteiger partial charge >= 0.3 is 0 Å². The third kappa shape index (κ3) is 2.01. The van der Waals surface area contributed by atoms with Crippen molar-refractivity contribution >= 4 is 0 Å². The zero-order valence-corrected chi connectivity index (χ0v) is 9.91. The smallest absolute Gasteiger partial charge is 0.00206 e. The van der Waals surface area contributed by atoms with Gasteiger partial charge in [0.15, 0.2) is 0 Å². The maximum absolute atomic E-state index is 3.46. The average molecular weight is 215 g/mol. The molecule has 1 aliphatic heterocycles. The maximum Gasteiger partial charge on any atom is 0.00206 e. The lowest BCUT2D eigenvalue weighted by molar-refractivity contribution is 0.712. The number of hydrogen-bond donors (Lipinski definition) is 1. The average Bonchev–Trinajstić information content (AvgIpc) is 3.03. The van der Waals surface area contributed by atoms with Crippen LogP contribution in [0.4, 0.5) is 0 Å². The zero-order chi connectivity index (χ0) is 10.8. The number of benzene rings is 1. The molecule has 1 atom stereocenters. The van der Waals surface area contributed by atoms with E-state index in [0.29, 0.717) is 0 Å². The molecule has 0 bridgehead atoms. The molecule has 1 unspecified atom stereocenters. The Morgan fingerprint density at radius 1 is 0.938 bits per heavy atom. The minimum absolute atomic E-state index is 0.765. The normalized spacial score (nSPS) is 26.4. The molecule has 0 aromatic heterocycles. The van der Waals surface area contributed by atoms with Crippen molar-refractivity contribution in [2.75, 3.05) is 13.1 Å². The van der Waals surface area contributed by atoms with Crippen LogP contribution in [0.5, 0.6) is 0 Å². The molecule has 1 N–H and O–H groups in total. The lowest BCUT2D eigenvalue weighted by atomic mass is 9.91. The fourth-order valence-electron chi connectivity index (χ4n) is 3.27. The molecule has 86 valence electrons. The Kier molecular flexibility index (Phi) is 2.96. The summed E-state index contributed by atoms with van der Waals surface area (Å²) in [5.74, 6) is 1.62. The Labute approximate surface area is 98.3 Å². The first-order chi connectivity index (χ1) is 7.93. The van der Waals surface area contributed by atoms with Crippen molar-refractivity contribution in [3.63, 3.8) is 0 Å². The van der Waals surface area contributed by atoms with Gasteiger partial charge in [-0.25, -0.2) is 0 Å². The van der Waals surface area contributed by atoms with Gasteiger partial charge in [-0.2, -0.15) is 0 Å². The first-order valence-electron chi connectivity index (χ1n) is 6.74. The third-order valence-corrected chi connectivity index (χ3v) is 4.27. The molecule has 0 spiro atoms. The fourth-order valence-corrected chi connectivity index (χ4v) is 3.27. The summed E-state index contributed by atoms with van der Waals surface area (Å²) in [5, 5.41) is 3.46. The molecule has 0 amide bonds. The van der Waals surface area contributed by atoms with E-state index in [1.165, 1.54) is 45.2 Å². The van der Waals surface area contributed by atoms with Gasteiger partial charge in [-0.15, -0.1) is 0 Å². The lowest BCUT2D eigenvalue weighted by Crippen LogP contribution is -2.08. The Morgan fingerprint density at radius 3 is 2.38 bits per heavy atom. The van der Waals surface area contributed by atoms with Crippen LogP contribution in [-0.4, -0.2) is 13.1 Å². The molecule has 16 heavy (non-hydrogen) atoms. The van der Waals surface area contributed by atoms with Crippen molar-refractivity contribution in [2.45, 2.75) is 43.9 Å². The Balaban J connectivity index is 1.81. The molecule has 1 nitrogen and oxygen atoms in total. The van der Waals surface area contributed by atoms with Crippen LogP contribution in [-0.2, 0) is 0 Å². The van der Waals surface area contributed by atoms with Gasteiger partial charge in [-0.05, 0) is 48.8 Å². The summed E-state index contributed by atoms with van der Waals surface area (Å²) in [7, 11) is 0.